The highest BCUT2D eigenvalue weighted by atomic mass is 32.2. The van der Waals surface area contributed by atoms with E-state index in [9.17, 15) is 4.79 Å². The van der Waals surface area contributed by atoms with Gasteiger partial charge in [0.2, 0.25) is 0 Å². The van der Waals surface area contributed by atoms with Gasteiger partial charge in [-0.3, -0.25) is 9.78 Å². The van der Waals surface area contributed by atoms with Gasteiger partial charge in [0.1, 0.15) is 0 Å². The Morgan fingerprint density at radius 2 is 1.84 bits per heavy atom. The summed E-state index contributed by atoms with van der Waals surface area (Å²) < 4.78 is 0. The Morgan fingerprint density at radius 1 is 1.00 bits per heavy atom. The lowest BCUT2D eigenvalue weighted by Gasteiger charge is -2.07. The molecule has 5 heteroatoms. The van der Waals surface area contributed by atoms with E-state index in [0.717, 1.165) is 27.6 Å². The molecule has 1 N–H and O–H groups in total. The molecule has 0 aliphatic heterocycles. The highest BCUT2D eigenvalue weighted by molar-refractivity contribution is 7.98. The quantitative estimate of drug-likeness (QED) is 0.683. The summed E-state index contributed by atoms with van der Waals surface area (Å²) in [6, 6.07) is 17.5. The third-order valence-corrected chi connectivity index (χ3v) is 4.67. The lowest BCUT2D eigenvalue weighted by molar-refractivity contribution is 0.0951. The topological polar surface area (TPSA) is 54.9 Å². The van der Waals surface area contributed by atoms with Crippen molar-refractivity contribution >= 4 is 17.7 Å². The number of carbonyl (C=O) groups is 1. The Labute approximate surface area is 151 Å². The van der Waals surface area contributed by atoms with E-state index in [-0.39, 0.29) is 5.91 Å². The molecule has 1 amide bonds. The number of aromatic nitrogens is 2. The molecule has 0 fully saturated rings. The smallest absolute Gasteiger partial charge is 0.251 e. The van der Waals surface area contributed by atoms with Crippen molar-refractivity contribution in [3.63, 3.8) is 0 Å². The predicted octanol–water partition coefficient (Wildman–Crippen LogP) is 4.01. The molecule has 3 aromatic rings. The third-order valence-electron chi connectivity index (χ3n) is 3.65. The van der Waals surface area contributed by atoms with Crippen molar-refractivity contribution in [2.75, 3.05) is 0 Å². The van der Waals surface area contributed by atoms with Crippen molar-refractivity contribution in [3.8, 4) is 0 Å². The van der Waals surface area contributed by atoms with Crippen LogP contribution in [0.3, 0.4) is 0 Å². The number of carbonyl (C=O) groups excluding carboxylic acids is 1. The van der Waals surface area contributed by atoms with Crippen LogP contribution in [-0.4, -0.2) is 15.9 Å². The number of rotatable bonds is 6. The number of pyridine rings is 2. The largest absolute Gasteiger partial charge is 0.348 e. The van der Waals surface area contributed by atoms with E-state index in [1.807, 2.05) is 61.5 Å². The number of hydrogen-bond acceptors (Lipinski definition) is 4. The van der Waals surface area contributed by atoms with Crippen LogP contribution in [0.1, 0.15) is 27.2 Å². The number of thioether (sulfide) groups is 1. The highest BCUT2D eigenvalue weighted by Crippen LogP contribution is 2.20. The minimum atomic E-state index is -0.0709. The number of nitrogens with zero attached hydrogens (tertiary/aromatic N) is 2. The van der Waals surface area contributed by atoms with Gasteiger partial charge in [-0.25, -0.2) is 4.98 Å². The molecule has 0 saturated carbocycles. The average molecular weight is 349 g/mol. The van der Waals surface area contributed by atoms with E-state index in [2.05, 4.69) is 15.3 Å². The number of hydrogen-bond donors (Lipinski definition) is 1. The number of benzene rings is 1. The fraction of sp³-hybridized carbons (Fsp3) is 0.150. The first-order chi connectivity index (χ1) is 12.2. The van der Waals surface area contributed by atoms with Crippen LogP contribution in [0.4, 0.5) is 0 Å². The Morgan fingerprint density at radius 3 is 2.56 bits per heavy atom. The van der Waals surface area contributed by atoms with Crippen LogP contribution in [0.2, 0.25) is 0 Å². The standard InChI is InChI=1S/C20H19N3OS/c1-15-12-17(9-11-21-15)13-23-20(24)18-7-5-16(6-8-18)14-25-19-4-2-3-10-22-19/h2-12H,13-14H2,1H3,(H,23,24). The van der Waals surface area contributed by atoms with E-state index >= 15 is 0 Å². The zero-order chi connectivity index (χ0) is 17.5. The Bertz CT molecular complexity index is 835. The molecule has 0 atom stereocenters. The molecule has 126 valence electrons. The molecule has 2 aromatic heterocycles. The summed E-state index contributed by atoms with van der Waals surface area (Å²) in [5, 5.41) is 3.94. The molecule has 0 aliphatic rings. The van der Waals surface area contributed by atoms with Gasteiger partial charge in [0.05, 0.1) is 5.03 Å². The molecule has 4 nitrogen and oxygen atoms in total. The van der Waals surface area contributed by atoms with Crippen molar-refractivity contribution in [1.82, 2.24) is 15.3 Å². The summed E-state index contributed by atoms with van der Waals surface area (Å²) in [5.41, 5.74) is 3.82. The van der Waals surface area contributed by atoms with E-state index in [0.29, 0.717) is 12.1 Å². The van der Waals surface area contributed by atoms with Crippen LogP contribution in [0.25, 0.3) is 0 Å². The number of aryl methyl sites for hydroxylation is 1. The van der Waals surface area contributed by atoms with Gasteiger partial charge in [-0.1, -0.05) is 18.2 Å². The molecular weight excluding hydrogens is 330 g/mol. The SMILES string of the molecule is Cc1cc(CNC(=O)c2ccc(CSc3ccccn3)cc2)ccn1. The number of amides is 1. The lowest BCUT2D eigenvalue weighted by Crippen LogP contribution is -2.22. The second kappa shape index (κ2) is 8.44. The first-order valence-electron chi connectivity index (χ1n) is 8.03. The molecule has 0 aliphatic carbocycles. The first kappa shape index (κ1) is 17.2. The summed E-state index contributed by atoms with van der Waals surface area (Å²) in [7, 11) is 0. The van der Waals surface area contributed by atoms with Crippen LogP contribution < -0.4 is 5.32 Å². The van der Waals surface area contributed by atoms with Gasteiger partial charge < -0.3 is 5.32 Å². The monoisotopic (exact) mass is 349 g/mol. The van der Waals surface area contributed by atoms with E-state index < -0.39 is 0 Å². The maximum absolute atomic E-state index is 12.3. The van der Waals surface area contributed by atoms with Crippen molar-refractivity contribution in [3.05, 3.63) is 89.4 Å². The predicted molar refractivity (Wildman–Crippen MR) is 100 cm³/mol. The Hall–Kier alpha value is -2.66. The molecule has 0 spiro atoms. The molecular formula is C20H19N3OS. The van der Waals surface area contributed by atoms with Gasteiger partial charge >= 0.3 is 0 Å². The summed E-state index contributed by atoms with van der Waals surface area (Å²) in [6.07, 6.45) is 3.55. The summed E-state index contributed by atoms with van der Waals surface area (Å²) >= 11 is 1.68. The van der Waals surface area contributed by atoms with Gasteiger partial charge in [0.25, 0.3) is 5.91 Å². The van der Waals surface area contributed by atoms with Gasteiger partial charge in [-0.15, -0.1) is 11.8 Å². The van der Waals surface area contributed by atoms with E-state index in [1.54, 1.807) is 24.2 Å². The van der Waals surface area contributed by atoms with Crippen molar-refractivity contribution in [2.24, 2.45) is 0 Å². The summed E-state index contributed by atoms with van der Waals surface area (Å²) in [6.45, 7) is 2.44. The Kier molecular flexibility index (Phi) is 5.80. The van der Waals surface area contributed by atoms with E-state index in [4.69, 9.17) is 0 Å². The normalized spacial score (nSPS) is 10.4. The zero-order valence-corrected chi connectivity index (χ0v) is 14.8. The first-order valence-corrected chi connectivity index (χ1v) is 9.02. The maximum Gasteiger partial charge on any atom is 0.251 e. The molecule has 1 aromatic carbocycles. The van der Waals surface area contributed by atoms with E-state index in [1.165, 1.54) is 0 Å². The molecule has 2 heterocycles. The summed E-state index contributed by atoms with van der Waals surface area (Å²) in [4.78, 5) is 20.7. The highest BCUT2D eigenvalue weighted by Gasteiger charge is 2.06. The van der Waals surface area contributed by atoms with Crippen LogP contribution >= 0.6 is 11.8 Å². The molecule has 0 unspecified atom stereocenters. The van der Waals surface area contributed by atoms with Crippen molar-refractivity contribution in [1.29, 1.82) is 0 Å². The van der Waals surface area contributed by atoms with Gasteiger partial charge in [0.15, 0.2) is 0 Å². The van der Waals surface area contributed by atoms with Crippen molar-refractivity contribution < 1.29 is 4.79 Å². The third kappa shape index (κ3) is 5.16. The second-order valence-corrected chi connectivity index (χ2v) is 6.64. The molecule has 25 heavy (non-hydrogen) atoms. The van der Waals surface area contributed by atoms with Gasteiger partial charge in [-0.05, 0) is 54.4 Å². The molecule has 0 bridgehead atoms. The minimum absolute atomic E-state index is 0.0709. The fourth-order valence-corrected chi connectivity index (χ4v) is 3.16. The molecule has 0 saturated heterocycles. The average Bonchev–Trinajstić information content (AvgIpc) is 2.66. The minimum Gasteiger partial charge on any atom is -0.348 e. The van der Waals surface area contributed by atoms with Gasteiger partial charge in [0, 0.05) is 35.9 Å². The fourth-order valence-electron chi connectivity index (χ4n) is 2.34. The lowest BCUT2D eigenvalue weighted by atomic mass is 10.1. The van der Waals surface area contributed by atoms with Crippen LogP contribution in [-0.2, 0) is 12.3 Å². The van der Waals surface area contributed by atoms with Crippen LogP contribution in [0.15, 0.2) is 72.0 Å². The van der Waals surface area contributed by atoms with Crippen LogP contribution in [0.5, 0.6) is 0 Å². The van der Waals surface area contributed by atoms with Crippen molar-refractivity contribution in [2.45, 2.75) is 24.2 Å². The Balaban J connectivity index is 1.53. The number of nitrogens with one attached hydrogen (secondary N) is 1. The molecule has 0 radical (unpaired) electrons. The maximum atomic E-state index is 12.3. The summed E-state index contributed by atoms with van der Waals surface area (Å²) in [5.74, 6) is 0.758. The van der Waals surface area contributed by atoms with Crippen LogP contribution in [0, 0.1) is 6.92 Å². The zero-order valence-electron chi connectivity index (χ0n) is 14.0. The molecule has 3 rings (SSSR count). The van der Waals surface area contributed by atoms with Gasteiger partial charge in [-0.2, -0.15) is 0 Å². The second-order valence-electron chi connectivity index (χ2n) is 5.64.